The molecule has 0 amide bonds. The third kappa shape index (κ3) is 4.40. The minimum Gasteiger partial charge on any atom is -0.406 e. The molecule has 1 saturated heterocycles. The lowest BCUT2D eigenvalue weighted by Crippen LogP contribution is -2.29. The molecule has 0 atom stereocenters. The second-order valence-corrected chi connectivity index (χ2v) is 8.99. The number of ether oxygens (including phenoxy) is 1. The summed E-state index contributed by atoms with van der Waals surface area (Å²) in [6, 6.07) is 22.6. The van der Waals surface area contributed by atoms with Crippen molar-refractivity contribution < 1.29 is 17.9 Å². The molecular formula is C28H23F3N4O. The number of halogens is 3. The molecule has 1 fully saturated rings. The van der Waals surface area contributed by atoms with Crippen LogP contribution < -0.4 is 10.1 Å². The number of nitrogens with one attached hydrogen (secondary N) is 1. The summed E-state index contributed by atoms with van der Waals surface area (Å²) in [5.74, 6) is 0.436. The fourth-order valence-corrected chi connectivity index (χ4v) is 4.93. The smallest absolute Gasteiger partial charge is 0.406 e. The average Bonchev–Trinajstić information content (AvgIpc) is 3.27. The molecule has 5 nitrogen and oxygen atoms in total. The molecule has 0 aliphatic carbocycles. The number of fused-ring (bicyclic) bond motifs is 2. The van der Waals surface area contributed by atoms with E-state index in [-0.39, 0.29) is 11.8 Å². The number of rotatable bonds is 4. The Hall–Kier alpha value is -3.91. The minimum atomic E-state index is -4.73. The quantitative estimate of drug-likeness (QED) is 0.304. The molecule has 36 heavy (non-hydrogen) atoms. The van der Waals surface area contributed by atoms with E-state index in [1.54, 1.807) is 12.1 Å². The highest BCUT2D eigenvalue weighted by Crippen LogP contribution is 2.34. The molecule has 3 heterocycles. The third-order valence-corrected chi connectivity index (χ3v) is 6.63. The molecule has 1 aliphatic heterocycles. The largest absolute Gasteiger partial charge is 0.573 e. The lowest BCUT2D eigenvalue weighted by molar-refractivity contribution is -0.274. The van der Waals surface area contributed by atoms with E-state index in [0.29, 0.717) is 11.4 Å². The van der Waals surface area contributed by atoms with Gasteiger partial charge in [0.05, 0.1) is 0 Å². The number of hydrogen-bond donors (Lipinski definition) is 1. The van der Waals surface area contributed by atoms with E-state index in [9.17, 15) is 13.2 Å². The van der Waals surface area contributed by atoms with E-state index in [1.807, 2.05) is 24.4 Å². The third-order valence-electron chi connectivity index (χ3n) is 6.63. The average molecular weight is 489 g/mol. The molecule has 0 saturated carbocycles. The number of aromatic nitrogens is 3. The molecule has 0 spiro atoms. The van der Waals surface area contributed by atoms with E-state index in [4.69, 9.17) is 9.97 Å². The minimum absolute atomic E-state index is 0.191. The lowest BCUT2D eigenvalue weighted by atomic mass is 10.0. The summed E-state index contributed by atoms with van der Waals surface area (Å²) < 4.78 is 44.1. The van der Waals surface area contributed by atoms with Crippen LogP contribution in [0.25, 0.3) is 44.5 Å². The number of alkyl halides is 3. The normalized spacial score (nSPS) is 15.0. The number of imidazole rings is 1. The first-order valence-corrected chi connectivity index (χ1v) is 11.9. The Morgan fingerprint density at radius 2 is 1.56 bits per heavy atom. The molecule has 0 unspecified atom stereocenters. The Kier molecular flexibility index (Phi) is 5.60. The summed E-state index contributed by atoms with van der Waals surface area (Å²) in [4.78, 5) is 9.76. The first-order valence-electron chi connectivity index (χ1n) is 11.9. The van der Waals surface area contributed by atoms with Gasteiger partial charge in [0, 0.05) is 23.4 Å². The number of hydrogen-bond acceptors (Lipinski definition) is 4. The van der Waals surface area contributed by atoms with E-state index >= 15 is 0 Å². The van der Waals surface area contributed by atoms with Crippen LogP contribution >= 0.6 is 0 Å². The Bertz CT molecular complexity index is 1540. The number of benzene rings is 3. The zero-order valence-electron chi connectivity index (χ0n) is 19.3. The monoisotopic (exact) mass is 488 g/mol. The van der Waals surface area contributed by atoms with Crippen molar-refractivity contribution >= 4 is 21.9 Å². The van der Waals surface area contributed by atoms with Gasteiger partial charge in [-0.2, -0.15) is 0 Å². The fourth-order valence-electron chi connectivity index (χ4n) is 4.93. The Morgan fingerprint density at radius 1 is 0.833 bits per heavy atom. The zero-order chi connectivity index (χ0) is 24.7. The Balaban J connectivity index is 1.44. The van der Waals surface area contributed by atoms with E-state index in [2.05, 4.69) is 45.0 Å². The molecule has 0 bridgehead atoms. The van der Waals surface area contributed by atoms with Crippen LogP contribution in [0, 0.1) is 0 Å². The fraction of sp³-hybridized carbons (Fsp3) is 0.214. The van der Waals surface area contributed by atoms with Crippen LogP contribution in [-0.4, -0.2) is 34.0 Å². The van der Waals surface area contributed by atoms with Gasteiger partial charge in [-0.25, -0.2) is 9.97 Å². The summed E-state index contributed by atoms with van der Waals surface area (Å²) >= 11 is 0. The van der Waals surface area contributed by atoms with Crippen molar-refractivity contribution in [1.29, 1.82) is 0 Å². The highest BCUT2D eigenvalue weighted by atomic mass is 19.4. The summed E-state index contributed by atoms with van der Waals surface area (Å²) in [5.41, 5.74) is 4.26. The lowest BCUT2D eigenvalue weighted by Gasteiger charge is -2.26. The molecular weight excluding hydrogens is 465 g/mol. The highest BCUT2D eigenvalue weighted by molar-refractivity contribution is 5.89. The molecule has 1 N–H and O–H groups in total. The van der Waals surface area contributed by atoms with Crippen LogP contribution in [-0.2, 0) is 0 Å². The van der Waals surface area contributed by atoms with Gasteiger partial charge in [-0.05, 0) is 78.7 Å². The van der Waals surface area contributed by atoms with Crippen LogP contribution in [0.5, 0.6) is 5.75 Å². The maximum Gasteiger partial charge on any atom is 0.573 e. The SMILES string of the molecule is FC(F)(F)Oc1ccc(-c2nc3cc(-c4ccc5ccccc5c4)cnc3n2C2CCNCC2)cc1. The first kappa shape index (κ1) is 22.5. The van der Waals surface area contributed by atoms with E-state index in [1.165, 1.54) is 17.5 Å². The van der Waals surface area contributed by atoms with Crippen molar-refractivity contribution in [1.82, 2.24) is 19.9 Å². The van der Waals surface area contributed by atoms with Crippen LogP contribution in [0.2, 0.25) is 0 Å². The molecule has 182 valence electrons. The molecule has 5 aromatic rings. The molecule has 6 rings (SSSR count). The summed E-state index contributed by atoms with van der Waals surface area (Å²) in [6.45, 7) is 1.77. The summed E-state index contributed by atoms with van der Waals surface area (Å²) in [6.07, 6.45) is -1.02. The van der Waals surface area contributed by atoms with E-state index < -0.39 is 6.36 Å². The number of nitrogens with zero attached hydrogens (tertiary/aromatic N) is 3. The molecule has 3 aromatic carbocycles. The van der Waals surface area contributed by atoms with Crippen molar-refractivity contribution in [2.75, 3.05) is 13.1 Å². The van der Waals surface area contributed by atoms with Gasteiger partial charge in [0.2, 0.25) is 0 Å². The Labute approximate surface area is 205 Å². The molecule has 8 heteroatoms. The van der Waals surface area contributed by atoms with Gasteiger partial charge >= 0.3 is 6.36 Å². The predicted octanol–water partition coefficient (Wildman–Crippen LogP) is 6.74. The van der Waals surface area contributed by atoms with Gasteiger partial charge < -0.3 is 14.6 Å². The molecule has 2 aromatic heterocycles. The van der Waals surface area contributed by atoms with Crippen LogP contribution in [0.1, 0.15) is 18.9 Å². The Morgan fingerprint density at radius 3 is 2.31 bits per heavy atom. The maximum atomic E-state index is 12.6. The van der Waals surface area contributed by atoms with E-state index in [0.717, 1.165) is 53.6 Å². The van der Waals surface area contributed by atoms with Crippen LogP contribution in [0.3, 0.4) is 0 Å². The topological polar surface area (TPSA) is 52.0 Å². The zero-order valence-corrected chi connectivity index (χ0v) is 19.3. The maximum absolute atomic E-state index is 12.6. The van der Waals surface area contributed by atoms with Crippen molar-refractivity contribution in [2.45, 2.75) is 25.2 Å². The van der Waals surface area contributed by atoms with Crippen molar-refractivity contribution in [3.8, 4) is 28.3 Å². The van der Waals surface area contributed by atoms with Crippen LogP contribution in [0.4, 0.5) is 13.2 Å². The standard InChI is InChI=1S/C28H23F3N4O/c29-28(30,31)36-24-9-7-19(8-10-24)26-34-25-16-22(21-6-5-18-3-1-2-4-20(18)15-21)17-33-27(25)35(26)23-11-13-32-14-12-23/h1-10,15-17,23,32H,11-14H2. The van der Waals surface area contributed by atoms with Gasteiger partial charge in [-0.1, -0.05) is 36.4 Å². The summed E-state index contributed by atoms with van der Waals surface area (Å²) in [5, 5.41) is 5.70. The van der Waals surface area contributed by atoms with Gasteiger partial charge in [-0.3, -0.25) is 0 Å². The molecule has 0 radical (unpaired) electrons. The van der Waals surface area contributed by atoms with Crippen molar-refractivity contribution in [2.24, 2.45) is 0 Å². The second kappa shape index (κ2) is 8.95. The second-order valence-electron chi connectivity index (χ2n) is 8.99. The van der Waals surface area contributed by atoms with Gasteiger partial charge in [-0.15, -0.1) is 13.2 Å². The first-order chi connectivity index (χ1) is 17.4. The van der Waals surface area contributed by atoms with Gasteiger partial charge in [0.1, 0.15) is 17.1 Å². The predicted molar refractivity (Wildman–Crippen MR) is 134 cm³/mol. The number of piperidine rings is 1. The van der Waals surface area contributed by atoms with Gasteiger partial charge in [0.25, 0.3) is 0 Å². The van der Waals surface area contributed by atoms with Crippen molar-refractivity contribution in [3.63, 3.8) is 0 Å². The number of pyridine rings is 1. The highest BCUT2D eigenvalue weighted by Gasteiger charge is 2.31. The van der Waals surface area contributed by atoms with Crippen molar-refractivity contribution in [3.05, 3.63) is 79.0 Å². The van der Waals surface area contributed by atoms with Crippen LogP contribution in [0.15, 0.2) is 79.0 Å². The molecule has 1 aliphatic rings. The summed E-state index contributed by atoms with van der Waals surface area (Å²) in [7, 11) is 0. The van der Waals surface area contributed by atoms with Gasteiger partial charge in [0.15, 0.2) is 5.65 Å².